The van der Waals surface area contributed by atoms with Crippen LogP contribution in [-0.4, -0.2) is 27.3 Å². The first-order valence-electron chi connectivity index (χ1n) is 8.00. The molecule has 2 aromatic carbocycles. The van der Waals surface area contributed by atoms with Gasteiger partial charge in [0, 0.05) is 11.0 Å². The zero-order valence-electron chi connectivity index (χ0n) is 13.0. The minimum Gasteiger partial charge on any atom is -0.330 e. The maximum absolute atomic E-state index is 13.0. The van der Waals surface area contributed by atoms with E-state index in [0.29, 0.717) is 5.69 Å². The van der Waals surface area contributed by atoms with E-state index in [9.17, 15) is 4.79 Å². The number of aromatic nitrogens is 2. The Labute approximate surface area is 148 Å². The van der Waals surface area contributed by atoms with E-state index in [2.05, 4.69) is 38.0 Å². The van der Waals surface area contributed by atoms with Crippen LogP contribution in [0.4, 0.5) is 0 Å². The second-order valence-corrected chi connectivity index (χ2v) is 6.87. The van der Waals surface area contributed by atoms with Crippen LogP contribution in [-0.2, 0) is 0 Å². The lowest BCUT2D eigenvalue weighted by Gasteiger charge is -2.24. The smallest absolute Gasteiger partial charge is 0.274 e. The molecule has 24 heavy (non-hydrogen) atoms. The molecule has 0 unspecified atom stereocenters. The summed E-state index contributed by atoms with van der Waals surface area (Å²) in [5.74, 6) is -0.0429. The van der Waals surface area contributed by atoms with Crippen LogP contribution in [0.2, 0.25) is 0 Å². The Kier molecular flexibility index (Phi) is 4.02. The van der Waals surface area contributed by atoms with Crippen molar-refractivity contribution in [3.63, 3.8) is 0 Å². The lowest BCUT2D eigenvalue weighted by molar-refractivity contribution is 0.0729. The largest absolute Gasteiger partial charge is 0.330 e. The first-order chi connectivity index (χ1) is 11.7. The Balaban J connectivity index is 1.65. The van der Waals surface area contributed by atoms with Crippen LogP contribution in [0.25, 0.3) is 11.0 Å². The van der Waals surface area contributed by atoms with E-state index in [4.69, 9.17) is 0 Å². The van der Waals surface area contributed by atoms with Crippen molar-refractivity contribution in [1.82, 2.24) is 14.9 Å². The Morgan fingerprint density at radius 2 is 1.83 bits per heavy atom. The van der Waals surface area contributed by atoms with Crippen LogP contribution in [0.1, 0.15) is 34.9 Å². The molecule has 0 radical (unpaired) electrons. The number of rotatable bonds is 2. The normalized spacial score (nSPS) is 17.4. The van der Waals surface area contributed by atoms with Gasteiger partial charge in [-0.05, 0) is 42.7 Å². The van der Waals surface area contributed by atoms with Crippen molar-refractivity contribution < 1.29 is 4.79 Å². The third kappa shape index (κ3) is 2.80. The highest BCUT2D eigenvalue weighted by Crippen LogP contribution is 2.33. The van der Waals surface area contributed by atoms with Crippen molar-refractivity contribution in [1.29, 1.82) is 0 Å². The van der Waals surface area contributed by atoms with E-state index in [1.807, 2.05) is 41.3 Å². The van der Waals surface area contributed by atoms with Crippen molar-refractivity contribution in [3.05, 3.63) is 70.5 Å². The Morgan fingerprint density at radius 1 is 1.08 bits per heavy atom. The van der Waals surface area contributed by atoms with E-state index in [1.165, 1.54) is 0 Å². The van der Waals surface area contributed by atoms with Crippen LogP contribution in [0.5, 0.6) is 0 Å². The van der Waals surface area contributed by atoms with Gasteiger partial charge in [0.1, 0.15) is 5.69 Å². The molecule has 0 bridgehead atoms. The molecule has 0 N–H and O–H groups in total. The zero-order chi connectivity index (χ0) is 16.5. The molecule has 5 heteroatoms. The van der Waals surface area contributed by atoms with Gasteiger partial charge in [0.15, 0.2) is 0 Å². The van der Waals surface area contributed by atoms with Gasteiger partial charge in [0.05, 0.1) is 23.3 Å². The molecule has 120 valence electrons. The molecule has 1 aliphatic rings. The monoisotopic (exact) mass is 381 g/mol. The van der Waals surface area contributed by atoms with Gasteiger partial charge >= 0.3 is 0 Å². The van der Waals surface area contributed by atoms with E-state index in [-0.39, 0.29) is 11.9 Å². The molecular weight excluding hydrogens is 366 g/mol. The molecule has 1 amide bonds. The summed E-state index contributed by atoms with van der Waals surface area (Å²) >= 11 is 3.46. The molecular formula is C19H16BrN3O. The van der Waals surface area contributed by atoms with Gasteiger partial charge in [-0.15, -0.1) is 0 Å². The SMILES string of the molecule is O=C(c1cnc2ccccc2n1)N1CCC[C@H]1c1ccc(Br)cc1. The molecule has 0 spiro atoms. The molecule has 4 rings (SSSR count). The summed E-state index contributed by atoms with van der Waals surface area (Å²) < 4.78 is 1.04. The van der Waals surface area contributed by atoms with Crippen molar-refractivity contribution in [2.75, 3.05) is 6.54 Å². The van der Waals surface area contributed by atoms with E-state index in [0.717, 1.165) is 40.5 Å². The minimum atomic E-state index is -0.0429. The number of fused-ring (bicyclic) bond motifs is 1. The number of para-hydroxylation sites is 2. The fourth-order valence-electron chi connectivity index (χ4n) is 3.25. The van der Waals surface area contributed by atoms with E-state index < -0.39 is 0 Å². The zero-order valence-corrected chi connectivity index (χ0v) is 14.6. The third-order valence-electron chi connectivity index (χ3n) is 4.44. The highest BCUT2D eigenvalue weighted by Gasteiger charge is 2.31. The molecule has 0 aliphatic carbocycles. The molecule has 3 aromatic rings. The fraction of sp³-hybridized carbons (Fsp3) is 0.211. The molecule has 1 aliphatic heterocycles. The Hall–Kier alpha value is -2.27. The number of likely N-dealkylation sites (tertiary alicyclic amines) is 1. The van der Waals surface area contributed by atoms with Crippen LogP contribution >= 0.6 is 15.9 Å². The number of hydrogen-bond donors (Lipinski definition) is 0. The summed E-state index contributed by atoms with van der Waals surface area (Å²) in [6, 6.07) is 15.9. The summed E-state index contributed by atoms with van der Waals surface area (Å²) in [4.78, 5) is 23.7. The summed E-state index contributed by atoms with van der Waals surface area (Å²) in [7, 11) is 0. The van der Waals surface area contributed by atoms with Gasteiger partial charge < -0.3 is 4.90 Å². The first-order valence-corrected chi connectivity index (χ1v) is 8.80. The van der Waals surface area contributed by atoms with Gasteiger partial charge in [0.2, 0.25) is 0 Å². The standard InChI is InChI=1S/C19H16BrN3O/c20-14-9-7-13(8-10-14)18-6-3-11-23(18)19(24)17-12-21-15-4-1-2-5-16(15)22-17/h1-2,4-5,7-10,12,18H,3,6,11H2/t18-/m0/s1. The van der Waals surface area contributed by atoms with Crippen molar-refractivity contribution in [3.8, 4) is 0 Å². The first kappa shape index (κ1) is 15.3. The fourth-order valence-corrected chi connectivity index (χ4v) is 3.51. The van der Waals surface area contributed by atoms with Crippen LogP contribution in [0.3, 0.4) is 0 Å². The molecule has 1 aromatic heterocycles. The predicted octanol–water partition coefficient (Wildman–Crippen LogP) is 4.37. The highest BCUT2D eigenvalue weighted by molar-refractivity contribution is 9.10. The number of carbonyl (C=O) groups is 1. The average molecular weight is 382 g/mol. The maximum atomic E-state index is 13.0. The van der Waals surface area contributed by atoms with Gasteiger partial charge in [-0.1, -0.05) is 40.2 Å². The van der Waals surface area contributed by atoms with Gasteiger partial charge in [-0.3, -0.25) is 9.78 Å². The second kappa shape index (κ2) is 6.32. The van der Waals surface area contributed by atoms with Gasteiger partial charge in [0.25, 0.3) is 5.91 Å². The maximum Gasteiger partial charge on any atom is 0.274 e. The minimum absolute atomic E-state index is 0.0429. The third-order valence-corrected chi connectivity index (χ3v) is 4.96. The predicted molar refractivity (Wildman–Crippen MR) is 96.7 cm³/mol. The summed E-state index contributed by atoms with van der Waals surface area (Å²) in [6.45, 7) is 0.758. The number of halogens is 1. The lowest BCUT2D eigenvalue weighted by atomic mass is 10.0. The van der Waals surface area contributed by atoms with Crippen LogP contribution in [0, 0.1) is 0 Å². The van der Waals surface area contributed by atoms with Crippen molar-refractivity contribution >= 4 is 32.9 Å². The number of amides is 1. The number of nitrogens with zero attached hydrogens (tertiary/aromatic N) is 3. The Morgan fingerprint density at radius 3 is 2.62 bits per heavy atom. The molecule has 4 nitrogen and oxygen atoms in total. The molecule has 1 atom stereocenters. The number of hydrogen-bond acceptors (Lipinski definition) is 3. The summed E-state index contributed by atoms with van der Waals surface area (Å²) in [5, 5.41) is 0. The average Bonchev–Trinajstić information content (AvgIpc) is 3.11. The van der Waals surface area contributed by atoms with Crippen LogP contribution in [0.15, 0.2) is 59.2 Å². The van der Waals surface area contributed by atoms with E-state index >= 15 is 0 Å². The molecule has 0 saturated carbocycles. The lowest BCUT2D eigenvalue weighted by Crippen LogP contribution is -2.31. The van der Waals surface area contributed by atoms with Gasteiger partial charge in [-0.2, -0.15) is 0 Å². The molecule has 1 saturated heterocycles. The van der Waals surface area contributed by atoms with Crippen molar-refractivity contribution in [2.24, 2.45) is 0 Å². The van der Waals surface area contributed by atoms with E-state index in [1.54, 1.807) is 6.20 Å². The van der Waals surface area contributed by atoms with Crippen molar-refractivity contribution in [2.45, 2.75) is 18.9 Å². The molecule has 1 fully saturated rings. The second-order valence-electron chi connectivity index (χ2n) is 5.95. The highest BCUT2D eigenvalue weighted by atomic mass is 79.9. The quantitative estimate of drug-likeness (QED) is 0.661. The molecule has 2 heterocycles. The summed E-state index contributed by atoms with van der Waals surface area (Å²) in [6.07, 6.45) is 3.57. The number of carbonyl (C=O) groups excluding carboxylic acids is 1. The Bertz CT molecular complexity index is 895. The summed E-state index contributed by atoms with van der Waals surface area (Å²) in [5.41, 5.74) is 3.14. The number of benzene rings is 2. The topological polar surface area (TPSA) is 46.1 Å². The van der Waals surface area contributed by atoms with Crippen LogP contribution < -0.4 is 0 Å². The van der Waals surface area contributed by atoms with Gasteiger partial charge in [-0.25, -0.2) is 4.98 Å².